The Balaban J connectivity index is 1.09. The summed E-state index contributed by atoms with van der Waals surface area (Å²) in [7, 11) is 0. The van der Waals surface area contributed by atoms with E-state index in [2.05, 4.69) is 39.0 Å². The minimum absolute atomic E-state index is 0.417. The molecule has 3 aromatic carbocycles. The van der Waals surface area contributed by atoms with Gasteiger partial charge >= 0.3 is 0 Å². The fourth-order valence-electron chi connectivity index (χ4n) is 4.93. The Morgan fingerprint density at radius 1 is 0.946 bits per heavy atom. The summed E-state index contributed by atoms with van der Waals surface area (Å²) in [5.41, 5.74) is 4.92. The Hall–Kier alpha value is -3.30. The second-order valence-corrected chi connectivity index (χ2v) is 10.8. The Bertz CT molecular complexity index is 1510. The van der Waals surface area contributed by atoms with Crippen LogP contribution in [-0.4, -0.2) is 63.4 Å². The van der Waals surface area contributed by atoms with Gasteiger partial charge in [0.1, 0.15) is 17.4 Å². The van der Waals surface area contributed by atoms with Crippen LogP contribution in [-0.2, 0) is 6.54 Å². The number of oxazole rings is 1. The van der Waals surface area contributed by atoms with Crippen molar-refractivity contribution in [3.05, 3.63) is 77.6 Å². The molecular formula is C29H30N4O3S. The molecule has 1 fully saturated rings. The molecule has 37 heavy (non-hydrogen) atoms. The molecule has 0 saturated carbocycles. The molecule has 2 atom stereocenters. The van der Waals surface area contributed by atoms with Gasteiger partial charge in [-0.15, -0.1) is 11.3 Å². The number of hydrogen-bond donors (Lipinski definition) is 1. The Labute approximate surface area is 219 Å². The third-order valence-electron chi connectivity index (χ3n) is 6.80. The van der Waals surface area contributed by atoms with Crippen LogP contribution in [0, 0.1) is 6.92 Å². The number of piperazine rings is 1. The van der Waals surface area contributed by atoms with Crippen LogP contribution < -0.4 is 4.74 Å². The molecule has 6 rings (SSSR count). The minimum atomic E-state index is -0.629. The molecule has 0 bridgehead atoms. The van der Waals surface area contributed by atoms with Crippen LogP contribution in [0.4, 0.5) is 0 Å². The van der Waals surface area contributed by atoms with Gasteiger partial charge in [0.05, 0.1) is 21.8 Å². The number of benzene rings is 3. The van der Waals surface area contributed by atoms with Crippen LogP contribution in [0.3, 0.4) is 0 Å². The Kier molecular flexibility index (Phi) is 6.65. The van der Waals surface area contributed by atoms with Crippen LogP contribution in [0.1, 0.15) is 17.8 Å². The SMILES string of the molecule is Cc1nc2cc(OC([C@@H](C)O)N3CCN(Cc4nc5cc(-c6ccccc6)ccc5o4)CC3)ccc2s1. The highest BCUT2D eigenvalue weighted by molar-refractivity contribution is 7.18. The Morgan fingerprint density at radius 3 is 2.54 bits per heavy atom. The summed E-state index contributed by atoms with van der Waals surface area (Å²) in [5.74, 6) is 1.45. The van der Waals surface area contributed by atoms with Gasteiger partial charge in [0, 0.05) is 32.2 Å². The highest BCUT2D eigenvalue weighted by Crippen LogP contribution is 2.28. The largest absolute Gasteiger partial charge is 0.472 e. The van der Waals surface area contributed by atoms with Crippen LogP contribution in [0.25, 0.3) is 32.4 Å². The van der Waals surface area contributed by atoms with E-state index in [0.29, 0.717) is 6.54 Å². The number of nitrogens with zero attached hydrogens (tertiary/aromatic N) is 4. The first-order valence-electron chi connectivity index (χ1n) is 12.6. The molecule has 3 heterocycles. The molecule has 0 radical (unpaired) electrons. The van der Waals surface area contributed by atoms with Crippen molar-refractivity contribution < 1.29 is 14.3 Å². The molecule has 0 spiro atoms. The summed E-state index contributed by atoms with van der Waals surface area (Å²) in [5, 5.41) is 11.5. The molecule has 0 amide bonds. The number of ether oxygens (including phenoxy) is 1. The van der Waals surface area contributed by atoms with Gasteiger partial charge in [0.2, 0.25) is 5.89 Å². The van der Waals surface area contributed by atoms with Crippen molar-refractivity contribution in [3.8, 4) is 16.9 Å². The van der Waals surface area contributed by atoms with Gasteiger partial charge in [-0.2, -0.15) is 0 Å². The fraction of sp³-hybridized carbons (Fsp3) is 0.310. The lowest BCUT2D eigenvalue weighted by molar-refractivity contribution is -0.0756. The molecule has 1 aliphatic rings. The third kappa shape index (κ3) is 5.24. The number of thiazole rings is 1. The smallest absolute Gasteiger partial charge is 0.209 e. The molecular weight excluding hydrogens is 484 g/mol. The van der Waals surface area contributed by atoms with E-state index in [-0.39, 0.29) is 0 Å². The summed E-state index contributed by atoms with van der Waals surface area (Å²) in [6.45, 7) is 7.69. The van der Waals surface area contributed by atoms with Crippen LogP contribution in [0.15, 0.2) is 71.1 Å². The summed E-state index contributed by atoms with van der Waals surface area (Å²) < 4.78 is 13.5. The zero-order chi connectivity index (χ0) is 25.4. The number of rotatable bonds is 7. The van der Waals surface area contributed by atoms with Crippen molar-refractivity contribution >= 4 is 32.7 Å². The molecule has 2 aromatic heterocycles. The number of fused-ring (bicyclic) bond motifs is 2. The first-order chi connectivity index (χ1) is 18.0. The average molecular weight is 515 g/mol. The second kappa shape index (κ2) is 10.2. The van der Waals surface area contributed by atoms with Gasteiger partial charge in [-0.25, -0.2) is 9.97 Å². The predicted octanol–water partition coefficient (Wildman–Crippen LogP) is 5.32. The first kappa shape index (κ1) is 24.1. The third-order valence-corrected chi connectivity index (χ3v) is 7.75. The maximum atomic E-state index is 10.5. The number of hydrogen-bond acceptors (Lipinski definition) is 8. The molecule has 7 nitrogen and oxygen atoms in total. The molecule has 1 aliphatic heterocycles. The summed E-state index contributed by atoms with van der Waals surface area (Å²) >= 11 is 1.67. The van der Waals surface area contributed by atoms with E-state index in [4.69, 9.17) is 14.1 Å². The topological polar surface area (TPSA) is 74.9 Å². The highest BCUT2D eigenvalue weighted by atomic mass is 32.1. The minimum Gasteiger partial charge on any atom is -0.472 e. The monoisotopic (exact) mass is 514 g/mol. The number of aliphatic hydroxyl groups excluding tert-OH is 1. The van der Waals surface area contributed by atoms with E-state index < -0.39 is 12.3 Å². The lowest BCUT2D eigenvalue weighted by Crippen LogP contribution is -2.55. The normalized spacial score (nSPS) is 16.8. The van der Waals surface area contributed by atoms with Crippen LogP contribution >= 0.6 is 11.3 Å². The zero-order valence-corrected chi connectivity index (χ0v) is 21.8. The number of aromatic nitrogens is 2. The van der Waals surface area contributed by atoms with Crippen molar-refractivity contribution in [2.45, 2.75) is 32.7 Å². The highest BCUT2D eigenvalue weighted by Gasteiger charge is 2.29. The quantitative estimate of drug-likeness (QED) is 0.315. The summed E-state index contributed by atoms with van der Waals surface area (Å²) in [6, 6.07) is 22.4. The molecule has 1 unspecified atom stereocenters. The van der Waals surface area contributed by atoms with Crippen molar-refractivity contribution in [3.63, 3.8) is 0 Å². The maximum absolute atomic E-state index is 10.5. The van der Waals surface area contributed by atoms with Gasteiger partial charge < -0.3 is 14.3 Å². The van der Waals surface area contributed by atoms with Crippen LogP contribution in [0.2, 0.25) is 0 Å². The zero-order valence-electron chi connectivity index (χ0n) is 21.0. The van der Waals surface area contributed by atoms with E-state index in [1.807, 2.05) is 49.4 Å². The van der Waals surface area contributed by atoms with E-state index in [1.165, 1.54) is 5.56 Å². The van der Waals surface area contributed by atoms with Gasteiger partial charge in [-0.3, -0.25) is 9.80 Å². The van der Waals surface area contributed by atoms with Gasteiger partial charge in [0.25, 0.3) is 0 Å². The summed E-state index contributed by atoms with van der Waals surface area (Å²) in [6.07, 6.45) is -1.05. The van der Waals surface area contributed by atoms with E-state index >= 15 is 0 Å². The lowest BCUT2D eigenvalue weighted by atomic mass is 10.1. The standard InChI is InChI=1S/C29H30N4O3S/c1-19(34)29(35-23-9-11-27-25(17-23)30-20(2)37-27)33-14-12-32(13-15-33)18-28-31-24-16-22(8-10-26(24)36-28)21-6-4-3-5-7-21/h3-11,16-17,19,29,34H,12-15,18H2,1-2H3/t19-,29?/m1/s1. The van der Waals surface area contributed by atoms with Gasteiger partial charge in [-0.1, -0.05) is 36.4 Å². The molecule has 8 heteroatoms. The average Bonchev–Trinajstić information content (AvgIpc) is 3.49. The Morgan fingerprint density at radius 2 is 1.76 bits per heavy atom. The van der Waals surface area contributed by atoms with Crippen molar-refractivity contribution in [2.75, 3.05) is 26.2 Å². The lowest BCUT2D eigenvalue weighted by Gasteiger charge is -2.39. The number of aliphatic hydroxyl groups is 1. The van der Waals surface area contributed by atoms with Crippen molar-refractivity contribution in [1.82, 2.24) is 19.8 Å². The molecule has 1 N–H and O–H groups in total. The predicted molar refractivity (Wildman–Crippen MR) is 147 cm³/mol. The van der Waals surface area contributed by atoms with Crippen LogP contribution in [0.5, 0.6) is 5.75 Å². The van der Waals surface area contributed by atoms with Crippen molar-refractivity contribution in [2.24, 2.45) is 0 Å². The number of aryl methyl sites for hydroxylation is 1. The molecule has 5 aromatic rings. The summed E-state index contributed by atoms with van der Waals surface area (Å²) in [4.78, 5) is 13.9. The van der Waals surface area contributed by atoms with Gasteiger partial charge in [0.15, 0.2) is 11.8 Å². The van der Waals surface area contributed by atoms with Gasteiger partial charge in [-0.05, 0) is 49.2 Å². The molecule has 0 aliphatic carbocycles. The second-order valence-electron chi connectivity index (χ2n) is 9.58. The molecule has 190 valence electrons. The molecule has 1 saturated heterocycles. The maximum Gasteiger partial charge on any atom is 0.209 e. The fourth-order valence-corrected chi connectivity index (χ4v) is 5.74. The van der Waals surface area contributed by atoms with Crippen molar-refractivity contribution in [1.29, 1.82) is 0 Å². The first-order valence-corrected chi connectivity index (χ1v) is 13.5. The van der Waals surface area contributed by atoms with E-state index in [1.54, 1.807) is 18.3 Å². The van der Waals surface area contributed by atoms with E-state index in [0.717, 1.165) is 69.7 Å². The van der Waals surface area contributed by atoms with E-state index in [9.17, 15) is 5.11 Å².